The lowest BCUT2D eigenvalue weighted by molar-refractivity contribution is -0.176. The van der Waals surface area contributed by atoms with Crippen LogP contribution in [-0.2, 0) is 0 Å². The Labute approximate surface area is 321 Å². The Hall–Kier alpha value is -3.16. The van der Waals surface area contributed by atoms with E-state index in [-0.39, 0.29) is 45.9 Å². The normalized spacial score (nSPS) is 45.6. The highest BCUT2D eigenvalue weighted by Crippen LogP contribution is 2.78. The molecule has 10 aliphatic carbocycles. The van der Waals surface area contributed by atoms with Gasteiger partial charge in [-0.2, -0.15) is 0 Å². The van der Waals surface area contributed by atoms with E-state index in [1.165, 1.54) is 38.5 Å². The van der Waals surface area contributed by atoms with Crippen molar-refractivity contribution >= 4 is 11.8 Å². The van der Waals surface area contributed by atoms with Gasteiger partial charge in [0.2, 0.25) is 5.78 Å². The number of amides is 2. The average molecular weight is 733 g/mol. The fraction of sp³-hybridized carbons (Fsp3) is 0.660. The molecule has 12 rings (SSSR count). The van der Waals surface area contributed by atoms with E-state index < -0.39 is 22.5 Å². The molecule has 7 nitrogen and oxygen atoms in total. The van der Waals surface area contributed by atoms with Crippen LogP contribution in [0.2, 0.25) is 0 Å². The summed E-state index contributed by atoms with van der Waals surface area (Å²) in [4.78, 5) is 31.4. The first-order valence-corrected chi connectivity index (χ1v) is 21.3. The number of allylic oxidation sites excluding steroid dienone is 4. The van der Waals surface area contributed by atoms with E-state index >= 15 is 0 Å². The molecular formula is C47H60N2O5. The molecule has 7 fully saturated rings. The SMILES string of the molecule is C[C@@H](NC(=O)N(CC12CC3CC(CC(C3)C1)C2)C[C@]1(O)CC[C@H]2[C@]34C=C[C@@]5(C=C3C(=O)c3ccco3)CC(O)CC[C@]5(C)[C@H]4CC[C@@]21C)c1ccccc1. The summed E-state index contributed by atoms with van der Waals surface area (Å²) in [5.41, 5.74) is -0.693. The lowest BCUT2D eigenvalue weighted by Gasteiger charge is -2.71. The maximum Gasteiger partial charge on any atom is 0.317 e. The molecule has 288 valence electrons. The second kappa shape index (κ2) is 11.9. The number of aliphatic hydroxyl groups is 2. The number of carbonyl (C=O) groups excluding carboxylic acids is 2. The van der Waals surface area contributed by atoms with Gasteiger partial charge < -0.3 is 24.8 Å². The molecule has 7 heteroatoms. The fourth-order valence-electron chi connectivity index (χ4n) is 15.6. The van der Waals surface area contributed by atoms with E-state index in [0.717, 1.165) is 61.0 Å². The Bertz CT molecular complexity index is 1850. The number of nitrogens with one attached hydrogen (secondary N) is 1. The van der Waals surface area contributed by atoms with E-state index in [2.05, 4.69) is 61.3 Å². The van der Waals surface area contributed by atoms with Crippen molar-refractivity contribution in [2.75, 3.05) is 13.1 Å². The van der Waals surface area contributed by atoms with Crippen molar-refractivity contribution < 1.29 is 24.2 Å². The second-order valence-electron chi connectivity index (χ2n) is 20.5. The van der Waals surface area contributed by atoms with Gasteiger partial charge in [-0.15, -0.1) is 0 Å². The van der Waals surface area contributed by atoms with Crippen molar-refractivity contribution in [1.29, 1.82) is 0 Å². The maximum absolute atomic E-state index is 14.7. The summed E-state index contributed by atoms with van der Waals surface area (Å²) in [6.07, 6.45) is 21.2. The van der Waals surface area contributed by atoms with Crippen molar-refractivity contribution in [3.8, 4) is 0 Å². The molecule has 9 atom stereocenters. The monoisotopic (exact) mass is 732 g/mol. The van der Waals surface area contributed by atoms with Gasteiger partial charge in [0.05, 0.1) is 30.6 Å². The van der Waals surface area contributed by atoms with Crippen molar-refractivity contribution in [3.63, 3.8) is 0 Å². The molecule has 0 radical (unpaired) electrons. The molecule has 7 saturated carbocycles. The highest BCUT2D eigenvalue weighted by molar-refractivity contribution is 6.08. The maximum atomic E-state index is 14.7. The minimum atomic E-state index is -1.12. The Kier molecular flexibility index (Phi) is 7.79. The number of fused-ring (bicyclic) bond motifs is 1. The molecule has 0 aliphatic heterocycles. The summed E-state index contributed by atoms with van der Waals surface area (Å²) in [7, 11) is 0. The fourth-order valence-corrected chi connectivity index (χ4v) is 15.6. The Balaban J connectivity index is 1.02. The Morgan fingerprint density at radius 3 is 2.20 bits per heavy atom. The molecule has 1 aromatic heterocycles. The van der Waals surface area contributed by atoms with Crippen LogP contribution in [-0.4, -0.2) is 51.7 Å². The van der Waals surface area contributed by atoms with Gasteiger partial charge in [-0.1, -0.05) is 62.4 Å². The molecular weight excluding hydrogens is 673 g/mol. The highest BCUT2D eigenvalue weighted by atomic mass is 16.3. The van der Waals surface area contributed by atoms with E-state index in [1.807, 2.05) is 18.2 Å². The van der Waals surface area contributed by atoms with Gasteiger partial charge in [0.1, 0.15) is 0 Å². The number of aliphatic hydroxyl groups excluding tert-OH is 1. The van der Waals surface area contributed by atoms with E-state index in [0.29, 0.717) is 31.7 Å². The third-order valence-corrected chi connectivity index (χ3v) is 17.8. The molecule has 1 heterocycles. The van der Waals surface area contributed by atoms with Crippen LogP contribution in [0.15, 0.2) is 76.9 Å². The van der Waals surface area contributed by atoms with Gasteiger partial charge in [-0.05, 0) is 149 Å². The largest absolute Gasteiger partial charge is 0.461 e. The van der Waals surface area contributed by atoms with Crippen LogP contribution in [0.25, 0.3) is 0 Å². The molecule has 0 saturated heterocycles. The molecule has 1 unspecified atom stereocenters. The summed E-state index contributed by atoms with van der Waals surface area (Å²) in [6.45, 7) is 7.77. The van der Waals surface area contributed by atoms with E-state index in [9.17, 15) is 19.8 Å². The number of Topliss-reactive ketones (excluding diaryl/α,β-unsaturated/α-hetero) is 1. The number of hydrogen-bond donors (Lipinski definition) is 3. The number of urea groups is 1. The topological polar surface area (TPSA) is 103 Å². The highest BCUT2D eigenvalue weighted by Gasteiger charge is 2.75. The Morgan fingerprint density at radius 2 is 1.52 bits per heavy atom. The van der Waals surface area contributed by atoms with Gasteiger partial charge in [0.25, 0.3) is 0 Å². The molecule has 3 N–H and O–H groups in total. The van der Waals surface area contributed by atoms with Gasteiger partial charge in [-0.25, -0.2) is 4.79 Å². The summed E-state index contributed by atoms with van der Waals surface area (Å²) in [5, 5.41) is 27.8. The van der Waals surface area contributed by atoms with Crippen LogP contribution in [0.4, 0.5) is 4.79 Å². The number of ketones is 1. The van der Waals surface area contributed by atoms with Gasteiger partial charge in [-0.3, -0.25) is 4.79 Å². The van der Waals surface area contributed by atoms with Gasteiger partial charge in [0.15, 0.2) is 5.76 Å². The Morgan fingerprint density at radius 1 is 0.852 bits per heavy atom. The van der Waals surface area contributed by atoms with Crippen LogP contribution in [0, 0.1) is 56.7 Å². The minimum absolute atomic E-state index is 0.0184. The molecule has 2 aromatic rings. The zero-order valence-electron chi connectivity index (χ0n) is 32.6. The molecule has 54 heavy (non-hydrogen) atoms. The zero-order chi connectivity index (χ0) is 37.3. The minimum Gasteiger partial charge on any atom is -0.461 e. The number of carbonyl (C=O) groups is 2. The van der Waals surface area contributed by atoms with Crippen molar-refractivity contribution in [3.05, 3.63) is 83.9 Å². The zero-order valence-corrected chi connectivity index (χ0v) is 32.6. The van der Waals surface area contributed by atoms with Crippen molar-refractivity contribution in [2.24, 2.45) is 56.7 Å². The number of benzene rings is 1. The predicted octanol–water partition coefficient (Wildman–Crippen LogP) is 9.04. The first-order chi connectivity index (χ1) is 25.8. The predicted molar refractivity (Wildman–Crippen MR) is 207 cm³/mol. The number of rotatable bonds is 8. The first-order valence-electron chi connectivity index (χ1n) is 21.3. The molecule has 1 aromatic carbocycles. The smallest absolute Gasteiger partial charge is 0.317 e. The van der Waals surface area contributed by atoms with Crippen molar-refractivity contribution in [1.82, 2.24) is 10.2 Å². The summed E-state index contributed by atoms with van der Waals surface area (Å²) < 4.78 is 5.78. The van der Waals surface area contributed by atoms with Crippen LogP contribution in [0.5, 0.6) is 0 Å². The lowest BCUT2D eigenvalue weighted by atomic mass is 9.32. The molecule has 6 bridgehead atoms. The van der Waals surface area contributed by atoms with Crippen LogP contribution < -0.4 is 5.32 Å². The summed E-state index contributed by atoms with van der Waals surface area (Å²) in [5.74, 6) is 2.83. The van der Waals surface area contributed by atoms with E-state index in [1.54, 1.807) is 18.4 Å². The third kappa shape index (κ3) is 4.85. The average Bonchev–Trinajstić information content (AvgIpc) is 3.77. The second-order valence-corrected chi connectivity index (χ2v) is 20.5. The quantitative estimate of drug-likeness (QED) is 0.186. The van der Waals surface area contributed by atoms with Crippen molar-refractivity contribution in [2.45, 2.75) is 122 Å². The molecule has 2 spiro atoms. The number of furan rings is 1. The van der Waals surface area contributed by atoms with Gasteiger partial charge >= 0.3 is 6.03 Å². The number of nitrogens with zero attached hydrogens (tertiary/aromatic N) is 1. The van der Waals surface area contributed by atoms with Crippen LogP contribution in [0.3, 0.4) is 0 Å². The van der Waals surface area contributed by atoms with Gasteiger partial charge in [0, 0.05) is 28.4 Å². The lowest BCUT2D eigenvalue weighted by Crippen LogP contribution is -2.67. The summed E-state index contributed by atoms with van der Waals surface area (Å²) >= 11 is 0. The van der Waals surface area contributed by atoms with Crippen LogP contribution in [0.1, 0.15) is 126 Å². The standard InChI is InChI=1S/C47H60N2O5/c1-30(34-8-5-4-6-9-34)48-41(52)49(28-44-23-31-20-32(24-44)22-33(21-31)25-44)29-46(53)16-13-39-43(46,3)15-12-38-42(2)14-11-35(50)26-45(42)17-18-47(38,39)36(27-45)40(51)37-10-7-19-54-37/h4-10,17-19,27,30-33,35,38-39,50,53H,11-16,20-26,28-29H2,1-3H3,(H,48,52)/t30-,31?,32?,33?,35?,38-,39-,42-,43+,44?,45+,46-,47-/m1/s1. The number of hydrogen-bond acceptors (Lipinski definition) is 5. The third-order valence-electron chi connectivity index (χ3n) is 17.8. The molecule has 10 aliphatic rings. The van der Waals surface area contributed by atoms with E-state index in [4.69, 9.17) is 4.42 Å². The first kappa shape index (κ1) is 35.3. The van der Waals surface area contributed by atoms with Crippen LogP contribution >= 0.6 is 0 Å². The molecule has 2 amide bonds. The summed E-state index contributed by atoms with van der Waals surface area (Å²) in [6, 6.07) is 13.5.